The van der Waals surface area contributed by atoms with E-state index in [-0.39, 0.29) is 30.7 Å². The molecule has 0 saturated carbocycles. The van der Waals surface area contributed by atoms with Gasteiger partial charge < -0.3 is 19.9 Å². The molecular weight excluding hydrogens is 418 g/mol. The Morgan fingerprint density at radius 2 is 1.97 bits per heavy atom. The van der Waals surface area contributed by atoms with Gasteiger partial charge in [-0.15, -0.1) is 0 Å². The monoisotopic (exact) mass is 441 g/mol. The number of hydrogen-bond donors (Lipinski definition) is 1. The highest BCUT2D eigenvalue weighted by Crippen LogP contribution is 2.34. The summed E-state index contributed by atoms with van der Waals surface area (Å²) in [6.07, 6.45) is 1.44. The van der Waals surface area contributed by atoms with Crippen molar-refractivity contribution in [3.05, 3.63) is 47.5 Å². The number of ether oxygens (including phenoxy) is 1. The number of halogens is 1. The van der Waals surface area contributed by atoms with Gasteiger partial charge in [-0.2, -0.15) is 0 Å². The number of benzene rings is 2. The molecule has 2 saturated heterocycles. The molecule has 4 rings (SSSR count). The van der Waals surface area contributed by atoms with Crippen LogP contribution in [0.1, 0.15) is 26.2 Å². The zero-order valence-electron chi connectivity index (χ0n) is 17.3. The van der Waals surface area contributed by atoms with E-state index < -0.39 is 5.92 Å². The molecular formula is C23H24ClN3O4. The first kappa shape index (κ1) is 21.2. The fourth-order valence-corrected chi connectivity index (χ4v) is 4.17. The van der Waals surface area contributed by atoms with Crippen LogP contribution in [0, 0.1) is 5.92 Å². The molecule has 162 valence electrons. The predicted octanol–water partition coefficient (Wildman–Crippen LogP) is 3.86. The molecule has 2 aliphatic rings. The number of rotatable bonds is 6. The molecule has 2 fully saturated rings. The second-order valence-electron chi connectivity index (χ2n) is 7.61. The van der Waals surface area contributed by atoms with E-state index in [1.54, 1.807) is 28.0 Å². The van der Waals surface area contributed by atoms with Crippen LogP contribution in [0.5, 0.6) is 5.75 Å². The number of hydrogen-bond acceptors (Lipinski definition) is 4. The van der Waals surface area contributed by atoms with Gasteiger partial charge in [0.2, 0.25) is 17.7 Å². The SMILES string of the molecule is CCOc1ccccc1N1CC(C(=O)Nc2cc(N3CCCC3=O)ccc2Cl)CC1=O. The van der Waals surface area contributed by atoms with E-state index in [1.165, 1.54) is 0 Å². The number of nitrogens with one attached hydrogen (secondary N) is 1. The standard InChI is InChI=1S/C23H24ClN3O4/c1-2-31-20-7-4-3-6-19(20)27-14-15(12-22(27)29)23(30)25-18-13-16(9-10-17(18)24)26-11-5-8-21(26)28/h3-4,6-7,9-10,13,15H,2,5,8,11-12,14H2,1H3,(H,25,30). The molecule has 3 amide bonds. The summed E-state index contributed by atoms with van der Waals surface area (Å²) in [6, 6.07) is 12.5. The smallest absolute Gasteiger partial charge is 0.229 e. The van der Waals surface area contributed by atoms with E-state index in [1.807, 2.05) is 31.2 Å². The van der Waals surface area contributed by atoms with E-state index in [4.69, 9.17) is 16.3 Å². The molecule has 2 heterocycles. The van der Waals surface area contributed by atoms with Gasteiger partial charge >= 0.3 is 0 Å². The summed E-state index contributed by atoms with van der Waals surface area (Å²) in [7, 11) is 0. The lowest BCUT2D eigenvalue weighted by molar-refractivity contribution is -0.122. The molecule has 0 bridgehead atoms. The summed E-state index contributed by atoms with van der Waals surface area (Å²) in [6.45, 7) is 3.28. The van der Waals surface area contributed by atoms with Crippen molar-refractivity contribution >= 4 is 46.4 Å². The lowest BCUT2D eigenvalue weighted by Gasteiger charge is -2.20. The molecule has 2 aromatic carbocycles. The fraction of sp³-hybridized carbons (Fsp3) is 0.348. The molecule has 7 nitrogen and oxygen atoms in total. The molecule has 0 spiro atoms. The maximum atomic E-state index is 12.9. The third-order valence-corrected chi connectivity index (χ3v) is 5.87. The summed E-state index contributed by atoms with van der Waals surface area (Å²) in [4.78, 5) is 40.9. The van der Waals surface area contributed by atoms with E-state index in [9.17, 15) is 14.4 Å². The summed E-state index contributed by atoms with van der Waals surface area (Å²) in [5.41, 5.74) is 1.80. The Balaban J connectivity index is 1.49. The molecule has 8 heteroatoms. The van der Waals surface area contributed by atoms with Crippen LogP contribution in [0.15, 0.2) is 42.5 Å². The van der Waals surface area contributed by atoms with Crippen molar-refractivity contribution in [3.8, 4) is 5.75 Å². The van der Waals surface area contributed by atoms with Crippen molar-refractivity contribution in [1.29, 1.82) is 0 Å². The van der Waals surface area contributed by atoms with E-state index in [2.05, 4.69) is 5.32 Å². The highest BCUT2D eigenvalue weighted by Gasteiger charge is 2.36. The number of carbonyl (C=O) groups is 3. The second-order valence-corrected chi connectivity index (χ2v) is 8.02. The van der Waals surface area contributed by atoms with Gasteiger partial charge in [0.25, 0.3) is 0 Å². The highest BCUT2D eigenvalue weighted by molar-refractivity contribution is 6.34. The van der Waals surface area contributed by atoms with Gasteiger partial charge in [-0.3, -0.25) is 14.4 Å². The molecule has 1 atom stereocenters. The molecule has 2 aromatic rings. The summed E-state index contributed by atoms with van der Waals surface area (Å²) in [5.74, 6) is -0.253. The number of para-hydroxylation sites is 2. The first-order valence-corrected chi connectivity index (χ1v) is 10.8. The molecule has 1 unspecified atom stereocenters. The van der Waals surface area contributed by atoms with Crippen LogP contribution in [-0.4, -0.2) is 37.4 Å². The lowest BCUT2D eigenvalue weighted by atomic mass is 10.1. The summed E-state index contributed by atoms with van der Waals surface area (Å²) >= 11 is 6.29. The maximum Gasteiger partial charge on any atom is 0.229 e. The minimum Gasteiger partial charge on any atom is -0.492 e. The number of nitrogens with zero attached hydrogens (tertiary/aromatic N) is 2. The Bertz CT molecular complexity index is 1030. The van der Waals surface area contributed by atoms with Crippen LogP contribution in [0.25, 0.3) is 0 Å². The lowest BCUT2D eigenvalue weighted by Crippen LogP contribution is -2.28. The van der Waals surface area contributed by atoms with E-state index in [0.29, 0.717) is 47.4 Å². The van der Waals surface area contributed by atoms with Gasteiger partial charge in [-0.25, -0.2) is 0 Å². The second kappa shape index (κ2) is 8.98. The van der Waals surface area contributed by atoms with Crippen LogP contribution in [0.2, 0.25) is 5.02 Å². The zero-order valence-corrected chi connectivity index (χ0v) is 18.0. The number of carbonyl (C=O) groups excluding carboxylic acids is 3. The topological polar surface area (TPSA) is 79.0 Å². The number of amides is 3. The largest absolute Gasteiger partial charge is 0.492 e. The normalized spacial score (nSPS) is 18.6. The average Bonchev–Trinajstić information content (AvgIpc) is 3.36. The summed E-state index contributed by atoms with van der Waals surface area (Å²) in [5, 5.41) is 3.23. The van der Waals surface area contributed by atoms with Crippen molar-refractivity contribution in [1.82, 2.24) is 0 Å². The van der Waals surface area contributed by atoms with Crippen LogP contribution in [0.3, 0.4) is 0 Å². The first-order chi connectivity index (χ1) is 15.0. The molecule has 2 aliphatic heterocycles. The Hall–Kier alpha value is -3.06. The molecule has 31 heavy (non-hydrogen) atoms. The maximum absolute atomic E-state index is 12.9. The highest BCUT2D eigenvalue weighted by atomic mass is 35.5. The van der Waals surface area contributed by atoms with Gasteiger partial charge in [-0.05, 0) is 43.7 Å². The van der Waals surface area contributed by atoms with Crippen LogP contribution in [-0.2, 0) is 14.4 Å². The Morgan fingerprint density at radius 3 is 2.71 bits per heavy atom. The average molecular weight is 442 g/mol. The Kier molecular flexibility index (Phi) is 6.13. The van der Waals surface area contributed by atoms with Crippen LogP contribution < -0.4 is 19.9 Å². The zero-order chi connectivity index (χ0) is 22.0. The fourth-order valence-electron chi connectivity index (χ4n) is 4.01. The van der Waals surface area contributed by atoms with Gasteiger partial charge in [0, 0.05) is 31.6 Å². The van der Waals surface area contributed by atoms with Crippen LogP contribution in [0.4, 0.5) is 17.1 Å². The van der Waals surface area contributed by atoms with E-state index in [0.717, 1.165) is 6.42 Å². The van der Waals surface area contributed by atoms with Gasteiger partial charge in [0.1, 0.15) is 5.75 Å². The van der Waals surface area contributed by atoms with Gasteiger partial charge in [0.05, 0.1) is 28.9 Å². The minimum atomic E-state index is -0.518. The first-order valence-electron chi connectivity index (χ1n) is 10.4. The molecule has 1 N–H and O–H groups in total. The third-order valence-electron chi connectivity index (χ3n) is 5.54. The van der Waals surface area contributed by atoms with E-state index >= 15 is 0 Å². The van der Waals surface area contributed by atoms with Crippen molar-refractivity contribution in [2.45, 2.75) is 26.2 Å². The Labute approximate surface area is 185 Å². The van der Waals surface area contributed by atoms with Gasteiger partial charge in [0.15, 0.2) is 0 Å². The molecule has 0 aromatic heterocycles. The van der Waals surface area contributed by atoms with Gasteiger partial charge in [-0.1, -0.05) is 23.7 Å². The van der Waals surface area contributed by atoms with Crippen molar-refractivity contribution in [2.24, 2.45) is 5.92 Å². The summed E-state index contributed by atoms with van der Waals surface area (Å²) < 4.78 is 5.63. The van der Waals surface area contributed by atoms with Crippen molar-refractivity contribution < 1.29 is 19.1 Å². The van der Waals surface area contributed by atoms with Crippen molar-refractivity contribution in [3.63, 3.8) is 0 Å². The quantitative estimate of drug-likeness (QED) is 0.738. The molecule has 0 aliphatic carbocycles. The minimum absolute atomic E-state index is 0.0598. The van der Waals surface area contributed by atoms with Crippen molar-refractivity contribution in [2.75, 3.05) is 34.8 Å². The molecule has 0 radical (unpaired) electrons. The predicted molar refractivity (Wildman–Crippen MR) is 120 cm³/mol. The van der Waals surface area contributed by atoms with Crippen LogP contribution >= 0.6 is 11.6 Å². The number of anilines is 3. The third kappa shape index (κ3) is 4.37. The Morgan fingerprint density at radius 1 is 1.16 bits per heavy atom.